The molecule has 196 valence electrons. The van der Waals surface area contributed by atoms with Gasteiger partial charge in [-0.2, -0.15) is 19.9 Å². The second-order valence-electron chi connectivity index (χ2n) is 9.82. The molecule has 1 saturated carbocycles. The van der Waals surface area contributed by atoms with Crippen molar-refractivity contribution in [2.45, 2.75) is 37.8 Å². The number of morpholine rings is 2. The number of nitrogens with two attached hydrogens (primary N) is 2. The fourth-order valence-electron chi connectivity index (χ4n) is 5.55. The van der Waals surface area contributed by atoms with Crippen molar-refractivity contribution in [2.24, 2.45) is 21.5 Å². The largest absolute Gasteiger partial charge is 0.378 e. The lowest BCUT2D eigenvalue weighted by molar-refractivity contribution is 0.121. The predicted molar refractivity (Wildman–Crippen MR) is 143 cm³/mol. The molecule has 3 aliphatic heterocycles. The first kappa shape index (κ1) is 23.9. The van der Waals surface area contributed by atoms with Crippen molar-refractivity contribution in [3.05, 3.63) is 24.3 Å². The molecule has 12 heteroatoms. The Balaban J connectivity index is 1.34. The zero-order valence-corrected chi connectivity index (χ0v) is 21.1. The van der Waals surface area contributed by atoms with Gasteiger partial charge >= 0.3 is 0 Å². The number of aromatic nitrogens is 3. The van der Waals surface area contributed by atoms with E-state index in [0.29, 0.717) is 50.1 Å². The van der Waals surface area contributed by atoms with Crippen LogP contribution in [0.15, 0.2) is 34.3 Å². The minimum Gasteiger partial charge on any atom is -0.378 e. The summed E-state index contributed by atoms with van der Waals surface area (Å²) in [6, 6.07) is 8.14. The van der Waals surface area contributed by atoms with Gasteiger partial charge in [-0.15, -0.1) is 0 Å². The maximum atomic E-state index is 6.41. The smallest absolute Gasteiger partial charge is 0.230 e. The Hall–Kier alpha value is -3.51. The van der Waals surface area contributed by atoms with E-state index in [1.54, 1.807) is 0 Å². The molecule has 1 aliphatic carbocycles. The highest BCUT2D eigenvalue weighted by Crippen LogP contribution is 2.39. The molecule has 2 saturated heterocycles. The average Bonchev–Trinajstić information content (AvgIpc) is 2.94. The molecule has 1 aromatic heterocycles. The number of rotatable bonds is 4. The molecule has 4 N–H and O–H groups in total. The van der Waals surface area contributed by atoms with Gasteiger partial charge in [-0.3, -0.25) is 4.90 Å². The van der Waals surface area contributed by atoms with Crippen LogP contribution in [0, 0.1) is 0 Å². The van der Waals surface area contributed by atoms with Crippen molar-refractivity contribution < 1.29 is 9.47 Å². The summed E-state index contributed by atoms with van der Waals surface area (Å²) in [6.45, 7) is 5.67. The first-order chi connectivity index (χ1) is 18.1. The Morgan fingerprint density at radius 1 is 0.730 bits per heavy atom. The fraction of sp³-hybridized carbons (Fsp3) is 0.560. The third kappa shape index (κ3) is 4.78. The van der Waals surface area contributed by atoms with E-state index in [0.717, 1.165) is 63.1 Å². The monoisotopic (exact) mass is 506 g/mol. The molecule has 0 radical (unpaired) electrons. The summed E-state index contributed by atoms with van der Waals surface area (Å²) in [4.78, 5) is 30.0. The molecule has 0 unspecified atom stereocenters. The van der Waals surface area contributed by atoms with E-state index in [-0.39, 0.29) is 5.96 Å². The number of anilines is 3. The van der Waals surface area contributed by atoms with Crippen molar-refractivity contribution >= 4 is 29.5 Å². The lowest BCUT2D eigenvalue weighted by atomic mass is 9.87. The lowest BCUT2D eigenvalue weighted by Crippen LogP contribution is -2.58. The van der Waals surface area contributed by atoms with Crippen LogP contribution in [0.1, 0.15) is 32.1 Å². The standard InChI is InChI=1S/C25H34N10O2/c26-21-30-22(27)35(25(32-21)8-2-1-3-9-25)19-6-4-18(5-7-19)20-28-23(33-10-14-36-15-11-33)31-24(29-20)34-12-16-37-17-13-34/h4-7H,1-3,8-17H2,(H4,26,27,30,32). The van der Waals surface area contributed by atoms with E-state index in [4.69, 9.17) is 40.9 Å². The van der Waals surface area contributed by atoms with E-state index in [1.807, 2.05) is 29.2 Å². The summed E-state index contributed by atoms with van der Waals surface area (Å²) in [5, 5.41) is 0. The van der Waals surface area contributed by atoms with Crippen LogP contribution in [0.25, 0.3) is 11.4 Å². The van der Waals surface area contributed by atoms with Gasteiger partial charge in [0, 0.05) is 37.4 Å². The molecule has 4 heterocycles. The zero-order chi connectivity index (χ0) is 25.2. The van der Waals surface area contributed by atoms with E-state index in [2.05, 4.69) is 14.8 Å². The zero-order valence-electron chi connectivity index (χ0n) is 21.1. The maximum absolute atomic E-state index is 6.41. The van der Waals surface area contributed by atoms with E-state index in [9.17, 15) is 0 Å². The van der Waals surface area contributed by atoms with E-state index < -0.39 is 5.66 Å². The molecule has 3 fully saturated rings. The molecular formula is C25H34N10O2. The molecular weight excluding hydrogens is 472 g/mol. The topological polar surface area (TPSA) is 144 Å². The van der Waals surface area contributed by atoms with Crippen molar-refractivity contribution in [2.75, 3.05) is 67.3 Å². The van der Waals surface area contributed by atoms with Gasteiger partial charge < -0.3 is 30.7 Å². The van der Waals surface area contributed by atoms with Crippen molar-refractivity contribution in [3.8, 4) is 11.4 Å². The number of aliphatic imine (C=N–C) groups is 2. The summed E-state index contributed by atoms with van der Waals surface area (Å²) in [7, 11) is 0. The molecule has 12 nitrogen and oxygen atoms in total. The Morgan fingerprint density at radius 3 is 1.86 bits per heavy atom. The molecule has 2 aromatic rings. The molecule has 37 heavy (non-hydrogen) atoms. The number of ether oxygens (including phenoxy) is 2. The lowest BCUT2D eigenvalue weighted by Gasteiger charge is -2.45. The molecule has 6 rings (SSSR count). The van der Waals surface area contributed by atoms with Gasteiger partial charge in [-0.05, 0) is 49.9 Å². The highest BCUT2D eigenvalue weighted by molar-refractivity contribution is 6.05. The first-order valence-electron chi connectivity index (χ1n) is 13.1. The molecule has 1 aromatic carbocycles. The van der Waals surface area contributed by atoms with Gasteiger partial charge in [-0.1, -0.05) is 6.42 Å². The van der Waals surface area contributed by atoms with E-state index >= 15 is 0 Å². The van der Waals surface area contributed by atoms with Crippen LogP contribution in [0.2, 0.25) is 0 Å². The Morgan fingerprint density at radius 2 is 1.30 bits per heavy atom. The Labute approximate surface area is 216 Å². The molecule has 0 atom stereocenters. The van der Waals surface area contributed by atoms with Gasteiger partial charge in [0.05, 0.1) is 26.4 Å². The number of nitrogens with zero attached hydrogens (tertiary/aromatic N) is 8. The van der Waals surface area contributed by atoms with Crippen LogP contribution in [0.5, 0.6) is 0 Å². The minimum atomic E-state index is -0.476. The van der Waals surface area contributed by atoms with Gasteiger partial charge in [0.25, 0.3) is 0 Å². The van der Waals surface area contributed by atoms with Crippen LogP contribution in [-0.4, -0.2) is 85.1 Å². The Bertz CT molecular complexity index is 1130. The van der Waals surface area contributed by atoms with Gasteiger partial charge in [0.15, 0.2) is 5.82 Å². The van der Waals surface area contributed by atoms with Gasteiger partial charge in [-0.25, -0.2) is 4.99 Å². The maximum Gasteiger partial charge on any atom is 0.230 e. The second kappa shape index (κ2) is 10.1. The third-order valence-corrected chi connectivity index (χ3v) is 7.43. The minimum absolute atomic E-state index is 0.253. The number of benzene rings is 1. The summed E-state index contributed by atoms with van der Waals surface area (Å²) < 4.78 is 11.1. The van der Waals surface area contributed by atoms with Crippen molar-refractivity contribution in [1.82, 2.24) is 15.0 Å². The number of guanidine groups is 2. The van der Waals surface area contributed by atoms with Crippen LogP contribution in [-0.2, 0) is 9.47 Å². The van der Waals surface area contributed by atoms with E-state index in [1.165, 1.54) is 6.42 Å². The van der Waals surface area contributed by atoms with Crippen LogP contribution in [0.3, 0.4) is 0 Å². The predicted octanol–water partition coefficient (Wildman–Crippen LogP) is 1.32. The fourth-order valence-corrected chi connectivity index (χ4v) is 5.55. The van der Waals surface area contributed by atoms with Crippen molar-refractivity contribution in [1.29, 1.82) is 0 Å². The van der Waals surface area contributed by atoms with Crippen LogP contribution < -0.4 is 26.2 Å². The third-order valence-electron chi connectivity index (χ3n) is 7.43. The first-order valence-corrected chi connectivity index (χ1v) is 13.1. The normalized spacial score (nSPS) is 22.1. The van der Waals surface area contributed by atoms with Crippen LogP contribution >= 0.6 is 0 Å². The summed E-state index contributed by atoms with van der Waals surface area (Å²) in [5.74, 6) is 2.63. The Kier molecular flexibility index (Phi) is 6.51. The summed E-state index contributed by atoms with van der Waals surface area (Å²) in [6.07, 6.45) is 5.14. The molecule has 0 bridgehead atoms. The molecule has 4 aliphatic rings. The average molecular weight is 507 g/mol. The van der Waals surface area contributed by atoms with Crippen LogP contribution in [0.4, 0.5) is 17.6 Å². The number of hydrogen-bond acceptors (Lipinski definition) is 12. The summed E-state index contributed by atoms with van der Waals surface area (Å²) >= 11 is 0. The highest BCUT2D eigenvalue weighted by atomic mass is 16.5. The SMILES string of the molecule is NC1=NC2(CCCCC2)N(c2ccc(-c3nc(N4CCOCC4)nc(N4CCOCC4)n3)cc2)C(N)=N1. The number of hydrogen-bond donors (Lipinski definition) is 2. The quantitative estimate of drug-likeness (QED) is 0.623. The summed E-state index contributed by atoms with van der Waals surface area (Å²) in [5.41, 5.74) is 13.8. The molecule has 1 spiro atoms. The van der Waals surface area contributed by atoms with Gasteiger partial charge in [0.2, 0.25) is 23.8 Å². The molecule has 0 amide bonds. The highest BCUT2D eigenvalue weighted by Gasteiger charge is 2.42. The van der Waals surface area contributed by atoms with Crippen molar-refractivity contribution in [3.63, 3.8) is 0 Å². The second-order valence-corrected chi connectivity index (χ2v) is 9.82. The van der Waals surface area contributed by atoms with Gasteiger partial charge in [0.1, 0.15) is 5.66 Å².